The predicted molar refractivity (Wildman–Crippen MR) is 121 cm³/mol. The summed E-state index contributed by atoms with van der Waals surface area (Å²) in [5.41, 5.74) is 10.2. The summed E-state index contributed by atoms with van der Waals surface area (Å²) in [7, 11) is 2.16. The Kier molecular flexibility index (Phi) is 5.94. The molecule has 1 fully saturated rings. The van der Waals surface area contributed by atoms with E-state index in [0.29, 0.717) is 16.9 Å². The van der Waals surface area contributed by atoms with Crippen molar-refractivity contribution in [1.82, 2.24) is 9.80 Å². The van der Waals surface area contributed by atoms with Gasteiger partial charge in [0.15, 0.2) is 0 Å². The van der Waals surface area contributed by atoms with Gasteiger partial charge in [-0.2, -0.15) is 0 Å². The van der Waals surface area contributed by atoms with Gasteiger partial charge in [0, 0.05) is 43.2 Å². The van der Waals surface area contributed by atoms with Gasteiger partial charge in [-0.25, -0.2) is 0 Å². The zero-order chi connectivity index (χ0) is 20.2. The topological polar surface area (TPSA) is 61.6 Å². The molecule has 1 saturated heterocycles. The summed E-state index contributed by atoms with van der Waals surface area (Å²) in [5.74, 6) is -0.147. The number of anilines is 2. The van der Waals surface area contributed by atoms with E-state index in [1.54, 1.807) is 11.3 Å². The van der Waals surface area contributed by atoms with E-state index < -0.39 is 0 Å². The van der Waals surface area contributed by atoms with Crippen LogP contribution >= 0.6 is 11.3 Å². The summed E-state index contributed by atoms with van der Waals surface area (Å²) in [6.45, 7) is 5.29. The zero-order valence-corrected chi connectivity index (χ0v) is 17.4. The SMILES string of the molecule is CN1CCN(Cc2ccc(C(=O)Nc3cc(-c4cccs4)ccc3N)cc2)CC1. The fraction of sp³-hybridized carbons (Fsp3) is 0.261. The van der Waals surface area contributed by atoms with Crippen molar-refractivity contribution in [3.63, 3.8) is 0 Å². The molecule has 3 aromatic rings. The number of piperazine rings is 1. The van der Waals surface area contributed by atoms with Gasteiger partial charge in [-0.15, -0.1) is 11.3 Å². The number of carbonyl (C=O) groups is 1. The number of benzene rings is 2. The van der Waals surface area contributed by atoms with Crippen molar-refractivity contribution in [2.75, 3.05) is 44.3 Å². The number of amides is 1. The Labute approximate surface area is 175 Å². The van der Waals surface area contributed by atoms with E-state index in [-0.39, 0.29) is 5.91 Å². The molecule has 150 valence electrons. The van der Waals surface area contributed by atoms with Crippen LogP contribution in [0.3, 0.4) is 0 Å². The molecule has 0 saturated carbocycles. The summed E-state index contributed by atoms with van der Waals surface area (Å²) in [5, 5.41) is 4.99. The quantitative estimate of drug-likeness (QED) is 0.629. The van der Waals surface area contributed by atoms with Gasteiger partial charge in [0.25, 0.3) is 5.91 Å². The van der Waals surface area contributed by atoms with E-state index in [9.17, 15) is 4.79 Å². The number of rotatable bonds is 5. The van der Waals surface area contributed by atoms with Crippen molar-refractivity contribution in [1.29, 1.82) is 0 Å². The molecule has 5 nitrogen and oxygen atoms in total. The number of carbonyl (C=O) groups excluding carboxylic acids is 1. The zero-order valence-electron chi connectivity index (χ0n) is 16.6. The Morgan fingerprint density at radius 1 is 1.07 bits per heavy atom. The Hall–Kier alpha value is -2.67. The number of hydrogen-bond acceptors (Lipinski definition) is 5. The first-order valence-corrected chi connectivity index (χ1v) is 10.7. The smallest absolute Gasteiger partial charge is 0.255 e. The fourth-order valence-corrected chi connectivity index (χ4v) is 4.20. The minimum Gasteiger partial charge on any atom is -0.397 e. The fourth-order valence-electron chi connectivity index (χ4n) is 3.48. The summed E-state index contributed by atoms with van der Waals surface area (Å²) in [6.07, 6.45) is 0. The molecule has 0 atom stereocenters. The van der Waals surface area contributed by atoms with Gasteiger partial charge in [0.2, 0.25) is 0 Å². The average Bonchev–Trinajstić information content (AvgIpc) is 3.27. The van der Waals surface area contributed by atoms with Crippen molar-refractivity contribution >= 4 is 28.6 Å². The molecule has 4 rings (SSSR count). The minimum atomic E-state index is -0.147. The number of nitrogen functional groups attached to an aromatic ring is 1. The first-order chi connectivity index (χ1) is 14.1. The van der Waals surface area contributed by atoms with Crippen LogP contribution in [-0.4, -0.2) is 48.9 Å². The molecular weight excluding hydrogens is 380 g/mol. The molecule has 0 aliphatic carbocycles. The van der Waals surface area contributed by atoms with E-state index in [0.717, 1.165) is 43.2 Å². The molecule has 1 aromatic heterocycles. The van der Waals surface area contributed by atoms with Crippen LogP contribution in [0.5, 0.6) is 0 Å². The average molecular weight is 407 g/mol. The number of likely N-dealkylation sites (N-methyl/N-ethyl adjacent to an activating group) is 1. The largest absolute Gasteiger partial charge is 0.397 e. The number of nitrogens with zero attached hydrogens (tertiary/aromatic N) is 2. The maximum absolute atomic E-state index is 12.7. The predicted octanol–water partition coefficient (Wildman–Crippen LogP) is 4.00. The van der Waals surface area contributed by atoms with Crippen LogP contribution in [-0.2, 0) is 6.54 Å². The van der Waals surface area contributed by atoms with Crippen LogP contribution in [0.4, 0.5) is 11.4 Å². The molecular formula is C23H26N4OS. The van der Waals surface area contributed by atoms with Crippen LogP contribution in [0.25, 0.3) is 10.4 Å². The Morgan fingerprint density at radius 2 is 1.83 bits per heavy atom. The van der Waals surface area contributed by atoms with Gasteiger partial charge in [0.1, 0.15) is 0 Å². The Balaban J connectivity index is 1.42. The Bertz CT molecular complexity index is 961. The first kappa shape index (κ1) is 19.6. The van der Waals surface area contributed by atoms with Crippen molar-refractivity contribution in [2.45, 2.75) is 6.54 Å². The van der Waals surface area contributed by atoms with Crippen molar-refractivity contribution < 1.29 is 4.79 Å². The van der Waals surface area contributed by atoms with Gasteiger partial charge < -0.3 is 16.0 Å². The van der Waals surface area contributed by atoms with Crippen LogP contribution in [0, 0.1) is 0 Å². The highest BCUT2D eigenvalue weighted by Crippen LogP contribution is 2.30. The molecule has 1 aliphatic heterocycles. The van der Waals surface area contributed by atoms with Crippen molar-refractivity contribution in [3.05, 3.63) is 71.1 Å². The van der Waals surface area contributed by atoms with Crippen LogP contribution in [0.2, 0.25) is 0 Å². The lowest BCUT2D eigenvalue weighted by Crippen LogP contribution is -2.43. The van der Waals surface area contributed by atoms with E-state index >= 15 is 0 Å². The second kappa shape index (κ2) is 8.78. The summed E-state index contributed by atoms with van der Waals surface area (Å²) in [4.78, 5) is 18.7. The normalized spacial score (nSPS) is 15.3. The highest BCUT2D eigenvalue weighted by molar-refractivity contribution is 7.13. The van der Waals surface area contributed by atoms with Crippen LogP contribution in [0.1, 0.15) is 15.9 Å². The highest BCUT2D eigenvalue weighted by atomic mass is 32.1. The maximum Gasteiger partial charge on any atom is 0.255 e. The molecule has 29 heavy (non-hydrogen) atoms. The second-order valence-electron chi connectivity index (χ2n) is 7.51. The molecule has 2 aromatic carbocycles. The molecule has 3 N–H and O–H groups in total. The van der Waals surface area contributed by atoms with E-state index in [2.05, 4.69) is 28.2 Å². The molecule has 1 amide bonds. The van der Waals surface area contributed by atoms with Gasteiger partial charge in [-0.05, 0) is 53.9 Å². The number of thiophene rings is 1. The monoisotopic (exact) mass is 406 g/mol. The molecule has 0 unspecified atom stereocenters. The lowest BCUT2D eigenvalue weighted by Gasteiger charge is -2.32. The standard InChI is InChI=1S/C23H26N4OS/c1-26-10-12-27(13-11-26)16-17-4-6-18(7-5-17)23(28)25-21-15-19(8-9-20(21)24)22-3-2-14-29-22/h2-9,14-15H,10-13,16,24H2,1H3,(H,25,28). The van der Waals surface area contributed by atoms with Crippen molar-refractivity contribution in [2.24, 2.45) is 0 Å². The third kappa shape index (κ3) is 4.85. The van der Waals surface area contributed by atoms with Crippen LogP contribution < -0.4 is 11.1 Å². The van der Waals surface area contributed by atoms with Gasteiger partial charge >= 0.3 is 0 Å². The summed E-state index contributed by atoms with van der Waals surface area (Å²) < 4.78 is 0. The molecule has 0 bridgehead atoms. The summed E-state index contributed by atoms with van der Waals surface area (Å²) in [6, 6.07) is 17.7. The van der Waals surface area contributed by atoms with Gasteiger partial charge in [-0.1, -0.05) is 24.3 Å². The molecule has 0 radical (unpaired) electrons. The summed E-state index contributed by atoms with van der Waals surface area (Å²) >= 11 is 1.66. The first-order valence-electron chi connectivity index (χ1n) is 9.83. The number of hydrogen-bond donors (Lipinski definition) is 2. The lowest BCUT2D eigenvalue weighted by atomic mass is 10.1. The molecule has 6 heteroatoms. The van der Waals surface area contributed by atoms with Crippen molar-refractivity contribution in [3.8, 4) is 10.4 Å². The molecule has 2 heterocycles. The highest BCUT2D eigenvalue weighted by Gasteiger charge is 2.14. The molecule has 1 aliphatic rings. The third-order valence-corrected chi connectivity index (χ3v) is 6.24. The lowest BCUT2D eigenvalue weighted by molar-refractivity contribution is 0.102. The van der Waals surface area contributed by atoms with E-state index in [1.807, 2.05) is 53.9 Å². The van der Waals surface area contributed by atoms with E-state index in [1.165, 1.54) is 5.56 Å². The minimum absolute atomic E-state index is 0.147. The molecule has 0 spiro atoms. The van der Waals surface area contributed by atoms with E-state index in [4.69, 9.17) is 5.73 Å². The maximum atomic E-state index is 12.7. The van der Waals surface area contributed by atoms with Gasteiger partial charge in [0.05, 0.1) is 11.4 Å². The second-order valence-corrected chi connectivity index (χ2v) is 8.46. The van der Waals surface area contributed by atoms with Gasteiger partial charge in [-0.3, -0.25) is 9.69 Å². The number of nitrogens with two attached hydrogens (primary N) is 1. The third-order valence-electron chi connectivity index (χ3n) is 5.33. The van der Waals surface area contributed by atoms with Crippen LogP contribution in [0.15, 0.2) is 60.0 Å². The number of nitrogens with one attached hydrogen (secondary N) is 1. The Morgan fingerprint density at radius 3 is 2.52 bits per heavy atom.